The fourth-order valence-electron chi connectivity index (χ4n) is 12.7. The molecule has 0 saturated carbocycles. The molecule has 12 aromatic carbocycles. The Morgan fingerprint density at radius 1 is 0.157 bits per heavy atom. The molecule has 0 atom stereocenters. The van der Waals surface area contributed by atoms with Crippen LogP contribution in [0.25, 0.3) is 0 Å². The largest absolute Gasteiger partial charge is 0.435 e. The summed E-state index contributed by atoms with van der Waals surface area (Å²) in [7, 11) is -11.9. The van der Waals surface area contributed by atoms with Gasteiger partial charge in [0.05, 0.1) is 0 Å². The Morgan fingerprint density at radius 3 is 0.422 bits per heavy atom. The zero-order valence-electron chi connectivity index (χ0n) is 48.6. The number of hydrogen-bond acceptors (Lipinski definition) is 1. The lowest BCUT2D eigenvalue weighted by Crippen LogP contribution is -2.94. The molecule has 0 aromatic heterocycles. The minimum atomic E-state index is -3.16. The van der Waals surface area contributed by atoms with Crippen LogP contribution in [0.3, 0.4) is 0 Å². The Hall–Kier alpha value is -8.53. The van der Waals surface area contributed by atoms with Crippen LogP contribution in [0.2, 0.25) is 0 Å². The van der Waals surface area contributed by atoms with Gasteiger partial charge in [-0.15, -0.1) is 0 Å². The lowest BCUT2D eigenvalue weighted by Gasteiger charge is -2.50. The molecular formula is C78H72OSi4. The fourth-order valence-corrected chi connectivity index (χ4v) is 42.8. The van der Waals surface area contributed by atoms with Crippen LogP contribution in [0.5, 0.6) is 0 Å². The molecule has 0 spiro atoms. The third-order valence-electron chi connectivity index (χ3n) is 16.9. The highest BCUT2D eigenvalue weighted by Gasteiger charge is 2.61. The van der Waals surface area contributed by atoms with Gasteiger partial charge in [-0.3, -0.25) is 0 Å². The van der Waals surface area contributed by atoms with Gasteiger partial charge in [-0.1, -0.05) is 392 Å². The van der Waals surface area contributed by atoms with E-state index >= 15 is 0 Å². The minimum Gasteiger partial charge on any atom is -0.435 e. The monoisotopic (exact) mass is 1140 g/mol. The van der Waals surface area contributed by atoms with Gasteiger partial charge in [0.25, 0.3) is 16.6 Å². The van der Waals surface area contributed by atoms with Gasteiger partial charge >= 0.3 is 0 Å². The summed E-state index contributed by atoms with van der Waals surface area (Å²) in [4.78, 5) is 0. The van der Waals surface area contributed by atoms with Crippen molar-refractivity contribution in [1.82, 2.24) is 0 Å². The SMILES string of the molecule is Cc1ccc([Si](O[Si](c2ccc(C)cc2)(c2ccc(C)cc2)c2ccc(C)cc2)(c2ccc(C)cc2)c2ccc(C)cc2)cc1.c1ccc([Si](c2ccccc2)(c2ccccc2)[Si](c2ccccc2)(c2ccccc2)c2ccccc2)cc1. The Bertz CT molecular complexity index is 3290. The maximum absolute atomic E-state index is 8.46. The number of rotatable bonds is 15. The number of hydrogen-bond donors (Lipinski definition) is 0. The lowest BCUT2D eigenvalue weighted by atomic mass is 10.2. The summed E-state index contributed by atoms with van der Waals surface area (Å²) in [6.07, 6.45) is 0. The predicted octanol–water partition coefficient (Wildman–Crippen LogP) is 10.6. The van der Waals surface area contributed by atoms with Crippen LogP contribution in [-0.2, 0) is 4.12 Å². The van der Waals surface area contributed by atoms with Crippen molar-refractivity contribution >= 4 is 94.1 Å². The van der Waals surface area contributed by atoms with E-state index in [-0.39, 0.29) is 0 Å². The van der Waals surface area contributed by atoms with E-state index < -0.39 is 31.8 Å². The second-order valence-corrected chi connectivity index (χ2v) is 40.3. The molecule has 0 amide bonds. The van der Waals surface area contributed by atoms with Gasteiger partial charge < -0.3 is 4.12 Å². The molecule has 83 heavy (non-hydrogen) atoms. The molecule has 0 aliphatic heterocycles. The maximum atomic E-state index is 8.46. The van der Waals surface area contributed by atoms with E-state index in [1.165, 1.54) is 95.6 Å². The van der Waals surface area contributed by atoms with Gasteiger partial charge in [0, 0.05) is 0 Å². The van der Waals surface area contributed by atoms with Crippen molar-refractivity contribution in [2.24, 2.45) is 0 Å². The van der Waals surface area contributed by atoms with Crippen LogP contribution in [0, 0.1) is 41.5 Å². The molecule has 406 valence electrons. The molecule has 0 N–H and O–H groups in total. The summed E-state index contributed by atoms with van der Waals surface area (Å²) < 4.78 is 8.46. The molecule has 0 heterocycles. The highest BCUT2D eigenvalue weighted by Crippen LogP contribution is 2.25. The molecule has 0 aliphatic carbocycles. The standard InChI is InChI=1S/C42H42OSi2.C36H30Si2/c1-31-7-19-37(20-8-31)44(38-21-9-32(2)10-22-38,39-23-11-33(3)12-24-39)43-45(40-25-13-34(4)14-26-40,41-27-15-35(5)16-28-41)42-29-17-36(6)18-30-42;1-7-19-31(20-8-1)37(32-21-9-2-10-22-32,33-23-11-3-12-24-33)38(34-25-13-4-14-26-34,35-27-15-5-16-28-35)36-29-17-6-18-30-36/h7-30H,1-6H3;1-30H. The van der Waals surface area contributed by atoms with Crippen LogP contribution in [0.15, 0.2) is 328 Å². The highest BCUT2D eigenvalue weighted by molar-refractivity contribution is 7.67. The van der Waals surface area contributed by atoms with Gasteiger partial charge in [-0.25, -0.2) is 0 Å². The van der Waals surface area contributed by atoms with E-state index in [1.807, 2.05) is 0 Å². The molecule has 0 fully saturated rings. The second kappa shape index (κ2) is 24.9. The summed E-state index contributed by atoms with van der Waals surface area (Å²) in [6.45, 7) is 13.0. The normalized spacial score (nSPS) is 11.8. The summed E-state index contributed by atoms with van der Waals surface area (Å²) >= 11 is 0. The number of aryl methyl sites for hydroxylation is 6. The van der Waals surface area contributed by atoms with Crippen LogP contribution in [0.4, 0.5) is 0 Å². The quantitative estimate of drug-likeness (QED) is 0.0734. The third-order valence-corrected chi connectivity index (χ3v) is 43.1. The average Bonchev–Trinajstić information content (AvgIpc) is 1.55. The first kappa shape index (κ1) is 56.3. The third kappa shape index (κ3) is 10.8. The van der Waals surface area contributed by atoms with Crippen LogP contribution in [0.1, 0.15) is 33.4 Å². The van der Waals surface area contributed by atoms with Crippen molar-refractivity contribution in [1.29, 1.82) is 0 Å². The summed E-state index contributed by atoms with van der Waals surface area (Å²) in [5.74, 6) is 0. The molecular weight excluding hydrogens is 1070 g/mol. The molecule has 1 nitrogen and oxygen atoms in total. The van der Waals surface area contributed by atoms with Crippen LogP contribution < -0.4 is 62.2 Å². The molecule has 0 aliphatic rings. The first-order valence-electron chi connectivity index (χ1n) is 29.1. The molecule has 0 unspecified atom stereocenters. The van der Waals surface area contributed by atoms with E-state index in [0.717, 1.165) is 0 Å². The van der Waals surface area contributed by atoms with Crippen LogP contribution >= 0.6 is 0 Å². The Balaban J connectivity index is 0.000000176. The zero-order chi connectivity index (χ0) is 57.3. The summed E-state index contributed by atoms with van der Waals surface area (Å²) in [6, 6.07) is 123. The van der Waals surface area contributed by atoms with Crippen LogP contribution in [-0.4, -0.2) is 31.8 Å². The summed E-state index contributed by atoms with van der Waals surface area (Å²) in [5.41, 5.74) is 7.46. The molecule has 5 heteroatoms. The highest BCUT2D eigenvalue weighted by atomic mass is 29.3. The first-order chi connectivity index (χ1) is 40.6. The van der Waals surface area contributed by atoms with E-state index in [4.69, 9.17) is 4.12 Å². The molecule has 0 bridgehead atoms. The Labute approximate surface area is 497 Å². The van der Waals surface area contributed by atoms with Crippen molar-refractivity contribution in [3.63, 3.8) is 0 Å². The van der Waals surface area contributed by atoms with Crippen molar-refractivity contribution in [2.45, 2.75) is 41.5 Å². The summed E-state index contributed by atoms with van der Waals surface area (Å²) in [5, 5.41) is 16.2. The molecule has 12 rings (SSSR count). The van der Waals surface area contributed by atoms with Crippen molar-refractivity contribution in [3.8, 4) is 0 Å². The second-order valence-electron chi connectivity index (χ2n) is 22.4. The van der Waals surface area contributed by atoms with Crippen molar-refractivity contribution < 1.29 is 4.12 Å². The van der Waals surface area contributed by atoms with E-state index in [1.54, 1.807) is 0 Å². The minimum absolute atomic E-state index is 1.24. The van der Waals surface area contributed by atoms with E-state index in [0.29, 0.717) is 0 Å². The van der Waals surface area contributed by atoms with E-state index in [2.05, 4.69) is 369 Å². The van der Waals surface area contributed by atoms with Gasteiger partial charge in [-0.2, -0.15) is 0 Å². The Kier molecular flexibility index (Phi) is 16.9. The Morgan fingerprint density at radius 2 is 0.289 bits per heavy atom. The fraction of sp³-hybridized carbons (Fsp3) is 0.0769. The maximum Gasteiger partial charge on any atom is 0.278 e. The molecule has 0 saturated heterocycles. The van der Waals surface area contributed by atoms with Gasteiger partial charge in [0.1, 0.15) is 0 Å². The number of benzene rings is 12. The smallest absolute Gasteiger partial charge is 0.278 e. The van der Waals surface area contributed by atoms with Gasteiger partial charge in [-0.05, 0) is 72.7 Å². The van der Waals surface area contributed by atoms with Gasteiger partial charge in [0.2, 0.25) is 0 Å². The first-order valence-corrected chi connectivity index (χ1v) is 37.9. The average molecular weight is 1140 g/mol. The van der Waals surface area contributed by atoms with E-state index in [9.17, 15) is 0 Å². The van der Waals surface area contributed by atoms with Crippen molar-refractivity contribution in [2.75, 3.05) is 0 Å². The lowest BCUT2D eigenvalue weighted by molar-refractivity contribution is 0.600. The van der Waals surface area contributed by atoms with Gasteiger partial charge in [0.15, 0.2) is 15.2 Å². The topological polar surface area (TPSA) is 9.23 Å². The zero-order valence-corrected chi connectivity index (χ0v) is 52.6. The molecule has 12 aromatic rings. The molecule has 0 radical (unpaired) electrons. The van der Waals surface area contributed by atoms with Crippen molar-refractivity contribution in [3.05, 3.63) is 361 Å². The predicted molar refractivity (Wildman–Crippen MR) is 365 cm³/mol.